The predicted molar refractivity (Wildman–Crippen MR) is 64.0 cm³/mol. The van der Waals surface area contributed by atoms with Crippen LogP contribution in [0, 0.1) is 23.7 Å². The zero-order valence-corrected chi connectivity index (χ0v) is 10.4. The Morgan fingerprint density at radius 1 is 1.47 bits per heavy atom. The monoisotopic (exact) mass is 236 g/mol. The molecule has 0 bridgehead atoms. The number of aliphatic hydroxyl groups is 1. The third-order valence-corrected chi connectivity index (χ3v) is 4.53. The minimum atomic E-state index is -1.04. The molecule has 2 aliphatic rings. The van der Waals surface area contributed by atoms with Crippen molar-refractivity contribution >= 4 is 5.97 Å². The van der Waals surface area contributed by atoms with E-state index in [4.69, 9.17) is 11.2 Å². The molecule has 0 saturated heterocycles. The van der Waals surface area contributed by atoms with Gasteiger partial charge in [0.05, 0.1) is 17.6 Å². The maximum Gasteiger partial charge on any atom is 0.315 e. The van der Waals surface area contributed by atoms with Crippen LogP contribution in [0.25, 0.3) is 0 Å². The Kier molecular flexibility index (Phi) is 3.18. The summed E-state index contributed by atoms with van der Waals surface area (Å²) in [5.41, 5.74) is -1.77. The summed E-state index contributed by atoms with van der Waals surface area (Å²) in [7, 11) is 0. The molecule has 3 heteroatoms. The summed E-state index contributed by atoms with van der Waals surface area (Å²) in [6.07, 6.45) is 10.1. The topological polar surface area (TPSA) is 46.5 Å². The number of carbonyl (C=O) groups excluding carboxylic acids is 1. The third kappa shape index (κ3) is 1.58. The quantitative estimate of drug-likeness (QED) is 0.588. The molecule has 3 nitrogen and oxygen atoms in total. The highest BCUT2D eigenvalue weighted by Crippen LogP contribution is 2.57. The highest BCUT2D eigenvalue weighted by atomic mass is 16.5. The highest BCUT2D eigenvalue weighted by Gasteiger charge is 2.63. The van der Waals surface area contributed by atoms with E-state index in [0.29, 0.717) is 25.9 Å². The fourth-order valence-corrected chi connectivity index (χ4v) is 3.68. The van der Waals surface area contributed by atoms with E-state index in [2.05, 4.69) is 5.92 Å². The van der Waals surface area contributed by atoms with E-state index in [0.717, 1.165) is 19.3 Å². The molecule has 0 heterocycles. The van der Waals surface area contributed by atoms with Gasteiger partial charge in [-0.2, -0.15) is 0 Å². The third-order valence-electron chi connectivity index (χ3n) is 4.53. The lowest BCUT2D eigenvalue weighted by Crippen LogP contribution is -2.56. The summed E-state index contributed by atoms with van der Waals surface area (Å²) < 4.78 is 5.18. The Morgan fingerprint density at radius 2 is 2.18 bits per heavy atom. The van der Waals surface area contributed by atoms with Gasteiger partial charge in [0.15, 0.2) is 0 Å². The van der Waals surface area contributed by atoms with Crippen LogP contribution in [-0.4, -0.2) is 23.3 Å². The van der Waals surface area contributed by atoms with Gasteiger partial charge in [0.1, 0.15) is 0 Å². The second-order valence-corrected chi connectivity index (χ2v) is 5.19. The lowest BCUT2D eigenvalue weighted by molar-refractivity contribution is -0.182. The van der Waals surface area contributed by atoms with E-state index < -0.39 is 11.0 Å². The first kappa shape index (κ1) is 12.4. The van der Waals surface area contributed by atoms with Gasteiger partial charge in [0, 0.05) is 5.92 Å². The van der Waals surface area contributed by atoms with Gasteiger partial charge < -0.3 is 9.84 Å². The van der Waals surface area contributed by atoms with Crippen molar-refractivity contribution in [2.75, 3.05) is 6.61 Å². The van der Waals surface area contributed by atoms with Crippen molar-refractivity contribution in [3.63, 3.8) is 0 Å². The first-order chi connectivity index (χ1) is 8.10. The van der Waals surface area contributed by atoms with Gasteiger partial charge in [-0.1, -0.05) is 6.42 Å². The molecule has 2 rings (SSSR count). The smallest absolute Gasteiger partial charge is 0.315 e. The maximum atomic E-state index is 12.2. The minimum absolute atomic E-state index is 0.205. The Bertz CT molecular complexity index is 357. The molecular weight excluding hydrogens is 216 g/mol. The Hall–Kier alpha value is -1.01. The van der Waals surface area contributed by atoms with Crippen LogP contribution < -0.4 is 0 Å². The molecule has 0 unspecified atom stereocenters. The summed E-state index contributed by atoms with van der Waals surface area (Å²) in [5.74, 6) is 2.22. The zero-order valence-electron chi connectivity index (χ0n) is 10.4. The number of hydrogen-bond acceptors (Lipinski definition) is 3. The fourth-order valence-electron chi connectivity index (χ4n) is 3.68. The van der Waals surface area contributed by atoms with E-state index in [1.54, 1.807) is 6.92 Å². The van der Waals surface area contributed by atoms with Gasteiger partial charge in [0.25, 0.3) is 0 Å². The van der Waals surface area contributed by atoms with Crippen molar-refractivity contribution < 1.29 is 14.6 Å². The molecule has 94 valence electrons. The lowest BCUT2D eigenvalue weighted by Gasteiger charge is -2.47. The SMILES string of the molecule is C#C[C@@H]1CCC[C@@]2(C(=O)OCC)CCC[C@@]12O. The van der Waals surface area contributed by atoms with Crippen LogP contribution >= 0.6 is 0 Å². The molecule has 0 radical (unpaired) electrons. The van der Waals surface area contributed by atoms with Crippen LogP contribution in [0.4, 0.5) is 0 Å². The predicted octanol–water partition coefficient (Wildman–Crippen LogP) is 1.88. The van der Waals surface area contributed by atoms with Crippen molar-refractivity contribution in [1.29, 1.82) is 0 Å². The normalized spacial score (nSPS) is 40.4. The largest absolute Gasteiger partial charge is 0.465 e. The van der Waals surface area contributed by atoms with E-state index in [1.165, 1.54) is 0 Å². The Labute approximate surface area is 103 Å². The number of carbonyl (C=O) groups is 1. The fraction of sp³-hybridized carbons (Fsp3) is 0.786. The van der Waals surface area contributed by atoms with Crippen molar-refractivity contribution in [3.8, 4) is 12.3 Å². The lowest BCUT2D eigenvalue weighted by atomic mass is 9.60. The van der Waals surface area contributed by atoms with Crippen LogP contribution in [0.15, 0.2) is 0 Å². The molecule has 3 atom stereocenters. The molecule has 0 aromatic rings. The van der Waals surface area contributed by atoms with Crippen molar-refractivity contribution in [2.24, 2.45) is 11.3 Å². The molecule has 0 spiro atoms. The second-order valence-electron chi connectivity index (χ2n) is 5.19. The van der Waals surface area contributed by atoms with Crippen LogP contribution in [0.1, 0.15) is 45.4 Å². The van der Waals surface area contributed by atoms with Gasteiger partial charge in [0.2, 0.25) is 0 Å². The second kappa shape index (κ2) is 4.34. The van der Waals surface area contributed by atoms with Gasteiger partial charge in [-0.25, -0.2) is 0 Å². The average Bonchev–Trinajstić information content (AvgIpc) is 2.67. The van der Waals surface area contributed by atoms with Crippen molar-refractivity contribution in [2.45, 2.75) is 51.0 Å². The van der Waals surface area contributed by atoms with Gasteiger partial charge in [-0.05, 0) is 39.0 Å². The Morgan fingerprint density at radius 3 is 2.82 bits per heavy atom. The van der Waals surface area contributed by atoms with Crippen molar-refractivity contribution in [3.05, 3.63) is 0 Å². The van der Waals surface area contributed by atoms with E-state index in [9.17, 15) is 9.90 Å². The number of fused-ring (bicyclic) bond motifs is 1. The summed E-state index contributed by atoms with van der Waals surface area (Å²) in [6.45, 7) is 2.15. The number of esters is 1. The van der Waals surface area contributed by atoms with Crippen LogP contribution in [0.3, 0.4) is 0 Å². The van der Waals surface area contributed by atoms with Crippen LogP contribution in [-0.2, 0) is 9.53 Å². The summed E-state index contributed by atoms with van der Waals surface area (Å²) >= 11 is 0. The number of ether oxygens (including phenoxy) is 1. The molecule has 0 amide bonds. The van der Waals surface area contributed by atoms with Gasteiger partial charge in [-0.3, -0.25) is 4.79 Å². The van der Waals surface area contributed by atoms with E-state index in [1.807, 2.05) is 0 Å². The van der Waals surface area contributed by atoms with E-state index in [-0.39, 0.29) is 11.9 Å². The molecule has 0 aromatic heterocycles. The average molecular weight is 236 g/mol. The first-order valence-electron chi connectivity index (χ1n) is 6.46. The van der Waals surface area contributed by atoms with E-state index >= 15 is 0 Å². The zero-order chi connectivity index (χ0) is 12.5. The minimum Gasteiger partial charge on any atom is -0.465 e. The standard InChI is InChI=1S/C14H20O3/c1-3-11-7-5-8-13(12(15)17-4-2)9-6-10-14(11,13)16/h1,11,16H,4-10H2,2H3/t11-,13+,14-/m1/s1. The van der Waals surface area contributed by atoms with Crippen molar-refractivity contribution in [1.82, 2.24) is 0 Å². The molecule has 0 aliphatic heterocycles. The van der Waals surface area contributed by atoms with Gasteiger partial charge in [-0.15, -0.1) is 12.3 Å². The highest BCUT2D eigenvalue weighted by molar-refractivity contribution is 5.79. The molecule has 17 heavy (non-hydrogen) atoms. The number of rotatable bonds is 2. The molecule has 1 N–H and O–H groups in total. The number of terminal acetylenes is 1. The number of hydrogen-bond donors (Lipinski definition) is 1. The molecular formula is C14H20O3. The molecule has 2 aliphatic carbocycles. The van der Waals surface area contributed by atoms with Crippen LogP contribution in [0.5, 0.6) is 0 Å². The summed E-state index contributed by atoms with van der Waals surface area (Å²) in [4.78, 5) is 12.2. The molecule has 0 aromatic carbocycles. The van der Waals surface area contributed by atoms with Crippen LogP contribution in [0.2, 0.25) is 0 Å². The first-order valence-corrected chi connectivity index (χ1v) is 6.46. The summed E-state index contributed by atoms with van der Waals surface area (Å²) in [5, 5.41) is 10.9. The Balaban J connectivity index is 2.36. The van der Waals surface area contributed by atoms with Gasteiger partial charge >= 0.3 is 5.97 Å². The molecule has 2 saturated carbocycles. The maximum absolute atomic E-state index is 12.2. The summed E-state index contributed by atoms with van der Waals surface area (Å²) in [6, 6.07) is 0. The molecule has 2 fully saturated rings.